The van der Waals surface area contributed by atoms with Crippen LogP contribution in [0.5, 0.6) is 0 Å². The molecule has 0 spiro atoms. The van der Waals surface area contributed by atoms with Gasteiger partial charge in [-0.15, -0.1) is 0 Å². The van der Waals surface area contributed by atoms with Gasteiger partial charge in [-0.1, -0.05) is 49.4 Å². The van der Waals surface area contributed by atoms with Crippen molar-refractivity contribution in [3.63, 3.8) is 0 Å². The number of carboxylic acid groups (broad SMARTS) is 1. The molecule has 0 aliphatic heterocycles. The van der Waals surface area contributed by atoms with Gasteiger partial charge < -0.3 is 5.11 Å². The molecule has 0 radical (unpaired) electrons. The zero-order chi connectivity index (χ0) is 15.2. The number of aromatic carboxylic acids is 1. The van der Waals surface area contributed by atoms with E-state index < -0.39 is 5.97 Å². The molecule has 1 atom stereocenters. The summed E-state index contributed by atoms with van der Waals surface area (Å²) in [5, 5.41) is 11.6. The van der Waals surface area contributed by atoms with Crippen molar-refractivity contribution in [1.29, 1.82) is 0 Å². The highest BCUT2D eigenvalue weighted by Gasteiger charge is 2.15. The molecule has 110 valence electrons. The first-order chi connectivity index (χ1) is 10.1. The van der Waals surface area contributed by atoms with Crippen LogP contribution in [0.25, 0.3) is 10.8 Å². The van der Waals surface area contributed by atoms with Crippen LogP contribution in [0, 0.1) is 5.92 Å². The van der Waals surface area contributed by atoms with E-state index in [1.165, 1.54) is 0 Å². The molecule has 2 rings (SSSR count). The van der Waals surface area contributed by atoms with Gasteiger partial charge in [0.05, 0.1) is 5.56 Å². The Bertz CT molecular complexity index is 656. The van der Waals surface area contributed by atoms with Crippen LogP contribution in [0.2, 0.25) is 0 Å². The quantitative estimate of drug-likeness (QED) is 0.751. The Hall–Kier alpha value is -2.09. The van der Waals surface area contributed by atoms with Gasteiger partial charge in [0.25, 0.3) is 0 Å². The molecule has 0 fully saturated rings. The van der Waals surface area contributed by atoms with Gasteiger partial charge in [0.1, 0.15) is 0 Å². The molecule has 0 aliphatic carbocycles. The summed E-state index contributed by atoms with van der Waals surface area (Å²) in [6.07, 6.45) is 7.16. The van der Waals surface area contributed by atoms with E-state index in [0.717, 1.165) is 35.6 Å². The van der Waals surface area contributed by atoms with E-state index in [9.17, 15) is 9.90 Å². The smallest absolute Gasteiger partial charge is 0.335 e. The Balaban J connectivity index is 2.35. The fourth-order valence-electron chi connectivity index (χ4n) is 2.75. The summed E-state index contributed by atoms with van der Waals surface area (Å²) in [5.41, 5.74) is 1.40. The number of fused-ring (bicyclic) bond motifs is 1. The van der Waals surface area contributed by atoms with Crippen molar-refractivity contribution >= 4 is 16.7 Å². The highest BCUT2D eigenvalue weighted by atomic mass is 16.4. The van der Waals surface area contributed by atoms with Gasteiger partial charge in [-0.2, -0.15) is 0 Å². The minimum absolute atomic E-state index is 0.437. The molecule has 0 saturated heterocycles. The van der Waals surface area contributed by atoms with E-state index in [-0.39, 0.29) is 0 Å². The lowest BCUT2D eigenvalue weighted by Gasteiger charge is -2.15. The monoisotopic (exact) mass is 282 g/mol. The molecule has 2 aromatic rings. The highest BCUT2D eigenvalue weighted by Crippen LogP contribution is 2.26. The topological polar surface area (TPSA) is 37.3 Å². The molecule has 1 N–H and O–H groups in total. The standard InChI is InChI=1S/C19H22O2/c1-3-4-5-8-14(2)13-18-16-10-7-6-9-15(16)11-12-17(18)19(20)21/h3-4,6-7,9-12,14H,5,8,13H2,1-2H3,(H,20,21). The molecule has 2 aromatic carbocycles. The van der Waals surface area contributed by atoms with Gasteiger partial charge in [-0.25, -0.2) is 4.79 Å². The summed E-state index contributed by atoms with van der Waals surface area (Å²) in [6.45, 7) is 4.22. The molecule has 21 heavy (non-hydrogen) atoms. The van der Waals surface area contributed by atoms with Crippen molar-refractivity contribution < 1.29 is 9.90 Å². The van der Waals surface area contributed by atoms with Crippen molar-refractivity contribution in [1.82, 2.24) is 0 Å². The number of benzene rings is 2. The van der Waals surface area contributed by atoms with Gasteiger partial charge >= 0.3 is 5.97 Å². The van der Waals surface area contributed by atoms with E-state index in [2.05, 4.69) is 19.1 Å². The minimum Gasteiger partial charge on any atom is -0.478 e. The fourth-order valence-corrected chi connectivity index (χ4v) is 2.75. The van der Waals surface area contributed by atoms with Crippen LogP contribution < -0.4 is 0 Å². The lowest BCUT2D eigenvalue weighted by Crippen LogP contribution is -2.07. The first kappa shape index (κ1) is 15.3. The summed E-state index contributed by atoms with van der Waals surface area (Å²) in [5.74, 6) is -0.374. The van der Waals surface area contributed by atoms with E-state index in [4.69, 9.17) is 0 Å². The van der Waals surface area contributed by atoms with Gasteiger partial charge in [0.2, 0.25) is 0 Å². The molecular weight excluding hydrogens is 260 g/mol. The maximum atomic E-state index is 11.5. The van der Waals surface area contributed by atoms with Gasteiger partial charge in [-0.3, -0.25) is 0 Å². The normalized spacial score (nSPS) is 12.9. The number of hydrogen-bond donors (Lipinski definition) is 1. The Labute approximate surface area is 126 Å². The first-order valence-corrected chi connectivity index (χ1v) is 7.48. The van der Waals surface area contributed by atoms with Crippen molar-refractivity contribution in [2.24, 2.45) is 5.92 Å². The van der Waals surface area contributed by atoms with E-state index in [1.54, 1.807) is 6.07 Å². The summed E-state index contributed by atoms with van der Waals surface area (Å²) in [6, 6.07) is 11.7. The van der Waals surface area contributed by atoms with Crippen molar-refractivity contribution in [3.05, 3.63) is 59.7 Å². The molecule has 0 aromatic heterocycles. The van der Waals surface area contributed by atoms with E-state index >= 15 is 0 Å². The Morgan fingerprint density at radius 3 is 2.71 bits per heavy atom. The van der Waals surface area contributed by atoms with Crippen LogP contribution in [0.1, 0.15) is 42.6 Å². The Morgan fingerprint density at radius 1 is 1.24 bits per heavy atom. The van der Waals surface area contributed by atoms with E-state index in [1.807, 2.05) is 37.3 Å². The molecule has 0 aliphatic rings. The molecule has 0 heterocycles. The van der Waals surface area contributed by atoms with Crippen LogP contribution in [-0.4, -0.2) is 11.1 Å². The van der Waals surface area contributed by atoms with E-state index in [0.29, 0.717) is 11.5 Å². The predicted molar refractivity (Wildman–Crippen MR) is 87.8 cm³/mol. The van der Waals surface area contributed by atoms with Crippen molar-refractivity contribution in [2.75, 3.05) is 0 Å². The van der Waals surface area contributed by atoms with Gasteiger partial charge in [0.15, 0.2) is 0 Å². The van der Waals surface area contributed by atoms with Crippen molar-refractivity contribution in [2.45, 2.75) is 33.1 Å². The molecule has 0 bridgehead atoms. The summed E-state index contributed by atoms with van der Waals surface area (Å²) in [4.78, 5) is 11.5. The van der Waals surface area contributed by atoms with Crippen LogP contribution >= 0.6 is 0 Å². The summed E-state index contributed by atoms with van der Waals surface area (Å²) < 4.78 is 0. The second-order valence-corrected chi connectivity index (χ2v) is 5.57. The average Bonchev–Trinajstić information content (AvgIpc) is 2.47. The third-order valence-corrected chi connectivity index (χ3v) is 3.89. The molecule has 2 nitrogen and oxygen atoms in total. The molecule has 0 saturated carbocycles. The lowest BCUT2D eigenvalue weighted by molar-refractivity contribution is 0.0695. The maximum Gasteiger partial charge on any atom is 0.335 e. The molecule has 1 unspecified atom stereocenters. The average molecular weight is 282 g/mol. The zero-order valence-electron chi connectivity index (χ0n) is 12.7. The number of carboxylic acids is 1. The maximum absolute atomic E-state index is 11.5. The third kappa shape index (κ3) is 3.72. The number of carbonyl (C=O) groups is 1. The van der Waals surface area contributed by atoms with Gasteiger partial charge in [-0.05, 0) is 54.5 Å². The third-order valence-electron chi connectivity index (χ3n) is 3.89. The Kier molecular flexibility index (Phi) is 5.15. The molecule has 2 heteroatoms. The molecular formula is C19H22O2. The second-order valence-electron chi connectivity index (χ2n) is 5.57. The minimum atomic E-state index is -0.837. The van der Waals surface area contributed by atoms with Crippen LogP contribution in [0.4, 0.5) is 0 Å². The first-order valence-electron chi connectivity index (χ1n) is 7.48. The number of rotatable bonds is 6. The predicted octanol–water partition coefficient (Wildman–Crippen LogP) is 5.07. The second kappa shape index (κ2) is 7.07. The fraction of sp³-hybridized carbons (Fsp3) is 0.316. The SMILES string of the molecule is CC=CCCC(C)Cc1c(C(=O)O)ccc2ccccc12. The Morgan fingerprint density at radius 2 is 2.00 bits per heavy atom. The summed E-state index contributed by atoms with van der Waals surface area (Å²) >= 11 is 0. The summed E-state index contributed by atoms with van der Waals surface area (Å²) in [7, 11) is 0. The van der Waals surface area contributed by atoms with Gasteiger partial charge in [0, 0.05) is 0 Å². The van der Waals surface area contributed by atoms with Crippen molar-refractivity contribution in [3.8, 4) is 0 Å². The largest absolute Gasteiger partial charge is 0.478 e. The zero-order valence-corrected chi connectivity index (χ0v) is 12.7. The number of allylic oxidation sites excluding steroid dienone is 2. The highest BCUT2D eigenvalue weighted by molar-refractivity contribution is 5.97. The van der Waals surface area contributed by atoms with Crippen LogP contribution in [0.3, 0.4) is 0 Å². The lowest BCUT2D eigenvalue weighted by atomic mass is 9.89. The molecule has 0 amide bonds. The van der Waals surface area contributed by atoms with Crippen LogP contribution in [-0.2, 0) is 6.42 Å². The number of hydrogen-bond acceptors (Lipinski definition) is 1. The van der Waals surface area contributed by atoms with Crippen LogP contribution in [0.15, 0.2) is 48.6 Å².